The van der Waals surface area contributed by atoms with Gasteiger partial charge in [0, 0.05) is 51.3 Å². The Morgan fingerprint density at radius 1 is 1.07 bits per heavy atom. The molecular formula is C19H25Cl2N5O. The molecule has 2 saturated heterocycles. The van der Waals surface area contributed by atoms with Crippen LogP contribution in [0.2, 0.25) is 0 Å². The molecule has 4 rings (SSSR count). The number of nitrogens with zero attached hydrogens (tertiary/aromatic N) is 4. The Morgan fingerprint density at radius 2 is 1.89 bits per heavy atom. The topological polar surface area (TPSA) is 61.4 Å². The molecule has 2 aliphatic rings. The van der Waals surface area contributed by atoms with E-state index in [4.69, 9.17) is 0 Å². The van der Waals surface area contributed by atoms with E-state index in [1.807, 2.05) is 35.4 Å². The lowest BCUT2D eigenvalue weighted by atomic mass is 10.0. The van der Waals surface area contributed by atoms with Gasteiger partial charge in [-0.2, -0.15) is 0 Å². The van der Waals surface area contributed by atoms with Gasteiger partial charge >= 0.3 is 0 Å². The van der Waals surface area contributed by atoms with E-state index in [1.165, 1.54) is 12.8 Å². The largest absolute Gasteiger partial charge is 0.357 e. The maximum Gasteiger partial charge on any atom is 0.256 e. The number of carbonyl (C=O) groups is 1. The molecule has 0 saturated carbocycles. The molecule has 0 bridgehead atoms. The second kappa shape index (κ2) is 9.88. The van der Waals surface area contributed by atoms with Gasteiger partial charge in [-0.3, -0.25) is 9.78 Å². The molecule has 2 aliphatic heterocycles. The van der Waals surface area contributed by atoms with E-state index in [0.29, 0.717) is 12.1 Å². The second-order valence-electron chi connectivity index (χ2n) is 6.60. The monoisotopic (exact) mass is 409 g/mol. The van der Waals surface area contributed by atoms with Gasteiger partial charge in [-0.05, 0) is 36.6 Å². The molecule has 0 aromatic carbocycles. The minimum Gasteiger partial charge on any atom is -0.357 e. The highest BCUT2D eigenvalue weighted by Crippen LogP contribution is 2.24. The summed E-state index contributed by atoms with van der Waals surface area (Å²) in [5.74, 6) is 1.01. The van der Waals surface area contributed by atoms with Crippen LogP contribution in [0.5, 0.6) is 0 Å². The van der Waals surface area contributed by atoms with Crippen molar-refractivity contribution in [3.05, 3.63) is 54.0 Å². The molecule has 1 unspecified atom stereocenters. The lowest BCUT2D eigenvalue weighted by Crippen LogP contribution is -2.48. The molecule has 0 spiro atoms. The van der Waals surface area contributed by atoms with Gasteiger partial charge in [0.25, 0.3) is 5.91 Å². The van der Waals surface area contributed by atoms with Crippen LogP contribution < -0.4 is 10.2 Å². The van der Waals surface area contributed by atoms with E-state index in [1.54, 1.807) is 12.4 Å². The van der Waals surface area contributed by atoms with Crippen LogP contribution >= 0.6 is 24.8 Å². The van der Waals surface area contributed by atoms with Gasteiger partial charge in [-0.1, -0.05) is 6.07 Å². The predicted molar refractivity (Wildman–Crippen MR) is 111 cm³/mol. The third-order valence-corrected chi connectivity index (χ3v) is 5.00. The minimum atomic E-state index is 0. The second-order valence-corrected chi connectivity index (χ2v) is 6.60. The number of aromatic nitrogens is 2. The third kappa shape index (κ3) is 4.69. The van der Waals surface area contributed by atoms with Gasteiger partial charge in [0.05, 0.1) is 11.6 Å². The van der Waals surface area contributed by atoms with Crippen LogP contribution in [0.25, 0.3) is 0 Å². The maximum atomic E-state index is 13.0. The van der Waals surface area contributed by atoms with Crippen LogP contribution in [0.3, 0.4) is 0 Å². The van der Waals surface area contributed by atoms with Crippen molar-refractivity contribution >= 4 is 36.5 Å². The minimum absolute atomic E-state index is 0. The number of anilines is 1. The van der Waals surface area contributed by atoms with Crippen LogP contribution in [-0.4, -0.2) is 53.5 Å². The van der Waals surface area contributed by atoms with Crippen molar-refractivity contribution in [2.45, 2.75) is 18.9 Å². The van der Waals surface area contributed by atoms with Crippen molar-refractivity contribution in [2.75, 3.05) is 37.6 Å². The predicted octanol–water partition coefficient (Wildman–Crippen LogP) is 2.71. The number of piperazine rings is 1. The first-order chi connectivity index (χ1) is 12.3. The fourth-order valence-electron chi connectivity index (χ4n) is 3.63. The molecule has 1 N–H and O–H groups in total. The first kappa shape index (κ1) is 21.4. The van der Waals surface area contributed by atoms with Crippen molar-refractivity contribution in [3.8, 4) is 0 Å². The third-order valence-electron chi connectivity index (χ3n) is 5.00. The summed E-state index contributed by atoms with van der Waals surface area (Å²) in [6, 6.07) is 7.83. The molecule has 2 aromatic heterocycles. The zero-order valence-corrected chi connectivity index (χ0v) is 16.7. The standard InChI is InChI=1S/C19H23N5O.2ClH/c25-19(16-5-6-18(22-13-16)23-9-1-2-10-23)24-11-8-21-14-17(24)15-4-3-7-20-12-15;;/h3-7,12-13,17,21H,1-2,8-11,14H2;2*1H. The molecular weight excluding hydrogens is 385 g/mol. The highest BCUT2D eigenvalue weighted by Gasteiger charge is 2.29. The number of halogens is 2. The number of hydrogen-bond acceptors (Lipinski definition) is 5. The van der Waals surface area contributed by atoms with E-state index < -0.39 is 0 Å². The highest BCUT2D eigenvalue weighted by molar-refractivity contribution is 5.94. The Hall–Kier alpha value is -1.89. The van der Waals surface area contributed by atoms with E-state index >= 15 is 0 Å². The lowest BCUT2D eigenvalue weighted by Gasteiger charge is -2.36. The van der Waals surface area contributed by atoms with E-state index in [9.17, 15) is 4.79 Å². The average Bonchev–Trinajstić information content (AvgIpc) is 3.23. The molecule has 6 nitrogen and oxygen atoms in total. The van der Waals surface area contributed by atoms with Crippen molar-refractivity contribution < 1.29 is 4.79 Å². The van der Waals surface area contributed by atoms with Crippen LogP contribution in [0.15, 0.2) is 42.9 Å². The van der Waals surface area contributed by atoms with E-state index in [0.717, 1.165) is 37.6 Å². The van der Waals surface area contributed by atoms with Gasteiger partial charge in [0.1, 0.15) is 5.82 Å². The first-order valence-corrected chi connectivity index (χ1v) is 8.95. The van der Waals surface area contributed by atoms with E-state index in [-0.39, 0.29) is 36.8 Å². The van der Waals surface area contributed by atoms with Crippen LogP contribution in [0.1, 0.15) is 34.8 Å². The van der Waals surface area contributed by atoms with Gasteiger partial charge in [-0.25, -0.2) is 4.98 Å². The summed E-state index contributed by atoms with van der Waals surface area (Å²) in [7, 11) is 0. The highest BCUT2D eigenvalue weighted by atomic mass is 35.5. The summed E-state index contributed by atoms with van der Waals surface area (Å²) < 4.78 is 0. The summed E-state index contributed by atoms with van der Waals surface area (Å²) in [5, 5.41) is 3.37. The van der Waals surface area contributed by atoms with Crippen molar-refractivity contribution in [3.63, 3.8) is 0 Å². The number of pyridine rings is 2. The Labute approximate surface area is 172 Å². The lowest BCUT2D eigenvalue weighted by molar-refractivity contribution is 0.0633. The summed E-state index contributed by atoms with van der Waals surface area (Å²) in [5.41, 5.74) is 1.71. The number of amides is 1. The smallest absolute Gasteiger partial charge is 0.256 e. The van der Waals surface area contributed by atoms with Gasteiger partial charge in [-0.15, -0.1) is 24.8 Å². The quantitative estimate of drug-likeness (QED) is 0.843. The zero-order chi connectivity index (χ0) is 17.1. The molecule has 0 aliphatic carbocycles. The normalized spacial score (nSPS) is 19.2. The van der Waals surface area contributed by atoms with Crippen molar-refractivity contribution in [1.29, 1.82) is 0 Å². The fraction of sp³-hybridized carbons (Fsp3) is 0.421. The zero-order valence-electron chi connectivity index (χ0n) is 15.1. The van der Waals surface area contributed by atoms with Crippen LogP contribution in [-0.2, 0) is 0 Å². The molecule has 4 heterocycles. The first-order valence-electron chi connectivity index (χ1n) is 8.95. The molecule has 1 amide bonds. The van der Waals surface area contributed by atoms with E-state index in [2.05, 4.69) is 20.2 Å². The number of hydrogen-bond donors (Lipinski definition) is 1. The number of nitrogens with one attached hydrogen (secondary N) is 1. The number of carbonyl (C=O) groups excluding carboxylic acids is 1. The fourth-order valence-corrected chi connectivity index (χ4v) is 3.63. The Morgan fingerprint density at radius 3 is 2.56 bits per heavy atom. The molecule has 8 heteroatoms. The maximum absolute atomic E-state index is 13.0. The Bertz CT molecular complexity index is 723. The summed E-state index contributed by atoms with van der Waals surface area (Å²) in [6.07, 6.45) is 7.75. The Balaban J connectivity index is 0.00000131. The van der Waals surface area contributed by atoms with Gasteiger partial charge in [0.15, 0.2) is 0 Å². The average molecular weight is 410 g/mol. The van der Waals surface area contributed by atoms with Crippen LogP contribution in [0, 0.1) is 0 Å². The molecule has 1 atom stereocenters. The molecule has 2 aromatic rings. The summed E-state index contributed by atoms with van der Waals surface area (Å²) >= 11 is 0. The van der Waals surface area contributed by atoms with Crippen molar-refractivity contribution in [1.82, 2.24) is 20.2 Å². The Kier molecular flexibility index (Phi) is 7.83. The van der Waals surface area contributed by atoms with Crippen LogP contribution in [0.4, 0.5) is 5.82 Å². The summed E-state index contributed by atoms with van der Waals surface area (Å²) in [4.78, 5) is 26.0. The van der Waals surface area contributed by atoms with Gasteiger partial charge in [0.2, 0.25) is 0 Å². The molecule has 27 heavy (non-hydrogen) atoms. The number of rotatable bonds is 3. The molecule has 0 radical (unpaired) electrons. The SMILES string of the molecule is Cl.Cl.O=C(c1ccc(N2CCCC2)nc1)N1CCNCC1c1cccnc1. The van der Waals surface area contributed by atoms with Crippen molar-refractivity contribution in [2.24, 2.45) is 0 Å². The molecule has 2 fully saturated rings. The molecule has 146 valence electrons. The van der Waals surface area contributed by atoms with Gasteiger partial charge < -0.3 is 15.1 Å². The summed E-state index contributed by atoms with van der Waals surface area (Å²) in [6.45, 7) is 4.35.